The minimum Gasteiger partial charge on any atom is -0.322 e. The van der Waals surface area contributed by atoms with Gasteiger partial charge in [0.2, 0.25) is 0 Å². The van der Waals surface area contributed by atoms with E-state index in [2.05, 4.69) is 15.6 Å². The van der Waals surface area contributed by atoms with Crippen LogP contribution in [0.5, 0.6) is 0 Å². The number of amides is 2. The number of pyridine rings is 1. The molecule has 0 bridgehead atoms. The average molecular weight is 394 g/mol. The number of rotatable bonds is 4. The van der Waals surface area contributed by atoms with Crippen LogP contribution >= 0.6 is 11.6 Å². The summed E-state index contributed by atoms with van der Waals surface area (Å²) >= 11 is 6.09. The lowest BCUT2D eigenvalue weighted by Crippen LogP contribution is -2.17. The molecule has 2 amide bonds. The summed E-state index contributed by atoms with van der Waals surface area (Å²) in [5, 5.41) is 6.21. The van der Waals surface area contributed by atoms with Gasteiger partial charge in [-0.25, -0.2) is 0 Å². The van der Waals surface area contributed by atoms with Crippen molar-refractivity contribution in [1.29, 1.82) is 0 Å². The van der Waals surface area contributed by atoms with E-state index in [1.165, 1.54) is 12.3 Å². The fourth-order valence-electron chi connectivity index (χ4n) is 2.76. The quantitative estimate of drug-likeness (QED) is 0.642. The molecule has 2 aromatic carbocycles. The maximum atomic E-state index is 12.6. The maximum Gasteiger partial charge on any atom is 0.274 e. The van der Waals surface area contributed by atoms with Crippen molar-refractivity contribution in [1.82, 2.24) is 4.98 Å². The monoisotopic (exact) mass is 393 g/mol. The second-order valence-corrected chi connectivity index (χ2v) is 6.98. The molecule has 0 radical (unpaired) electrons. The Morgan fingerprint density at radius 2 is 1.57 bits per heavy atom. The first-order chi connectivity index (χ1) is 13.3. The van der Waals surface area contributed by atoms with E-state index < -0.39 is 5.91 Å². The topological polar surface area (TPSA) is 71.1 Å². The summed E-state index contributed by atoms with van der Waals surface area (Å²) in [4.78, 5) is 29.2. The lowest BCUT2D eigenvalue weighted by atomic mass is 10.1. The first-order valence-electron chi connectivity index (χ1n) is 8.76. The maximum absolute atomic E-state index is 12.6. The highest BCUT2D eigenvalue weighted by Crippen LogP contribution is 2.22. The summed E-state index contributed by atoms with van der Waals surface area (Å²) in [6.07, 6.45) is 1.44. The third kappa shape index (κ3) is 4.38. The number of carbonyl (C=O) groups is 2. The van der Waals surface area contributed by atoms with Gasteiger partial charge >= 0.3 is 0 Å². The molecule has 3 rings (SSSR count). The Labute approximate surface area is 168 Å². The summed E-state index contributed by atoms with van der Waals surface area (Å²) < 4.78 is 0. The highest BCUT2D eigenvalue weighted by Gasteiger charge is 2.14. The molecular formula is C22H20ClN3O2. The SMILES string of the molecule is Cc1ccc(NC(=O)c2cc(C(=O)Nc3c(C)cccc3C)ccn2)cc1Cl. The first-order valence-corrected chi connectivity index (χ1v) is 9.14. The van der Waals surface area contributed by atoms with E-state index in [0.717, 1.165) is 22.4 Å². The van der Waals surface area contributed by atoms with E-state index in [1.807, 2.05) is 45.0 Å². The zero-order chi connectivity index (χ0) is 20.3. The van der Waals surface area contributed by atoms with Gasteiger partial charge in [0.05, 0.1) is 0 Å². The third-order valence-electron chi connectivity index (χ3n) is 4.40. The molecule has 28 heavy (non-hydrogen) atoms. The van der Waals surface area contributed by atoms with Crippen molar-refractivity contribution in [3.8, 4) is 0 Å². The fraction of sp³-hybridized carbons (Fsp3) is 0.136. The second-order valence-electron chi connectivity index (χ2n) is 6.57. The van der Waals surface area contributed by atoms with Gasteiger partial charge in [-0.05, 0) is 61.7 Å². The molecule has 0 aliphatic heterocycles. The molecule has 0 spiro atoms. The normalized spacial score (nSPS) is 10.4. The molecule has 0 saturated heterocycles. The molecule has 142 valence electrons. The van der Waals surface area contributed by atoms with Gasteiger partial charge in [-0.15, -0.1) is 0 Å². The van der Waals surface area contributed by atoms with Gasteiger partial charge in [-0.3, -0.25) is 14.6 Å². The molecule has 0 aliphatic carbocycles. The largest absolute Gasteiger partial charge is 0.322 e. The molecule has 0 unspecified atom stereocenters. The van der Waals surface area contributed by atoms with E-state index >= 15 is 0 Å². The molecule has 5 nitrogen and oxygen atoms in total. The molecule has 2 N–H and O–H groups in total. The lowest BCUT2D eigenvalue weighted by Gasteiger charge is -2.12. The fourth-order valence-corrected chi connectivity index (χ4v) is 2.94. The predicted octanol–water partition coefficient (Wildman–Crippen LogP) is 5.16. The molecule has 6 heteroatoms. The number of hydrogen-bond acceptors (Lipinski definition) is 3. The number of halogens is 1. The van der Waals surface area contributed by atoms with Crippen molar-refractivity contribution in [3.63, 3.8) is 0 Å². The van der Waals surface area contributed by atoms with E-state index in [4.69, 9.17) is 11.6 Å². The zero-order valence-electron chi connectivity index (χ0n) is 15.8. The van der Waals surface area contributed by atoms with Crippen LogP contribution in [0.4, 0.5) is 11.4 Å². The number of carbonyl (C=O) groups excluding carboxylic acids is 2. The average Bonchev–Trinajstić information content (AvgIpc) is 2.67. The summed E-state index contributed by atoms with van der Waals surface area (Å²) in [5.74, 6) is -0.714. The Bertz CT molecular complexity index is 1040. The molecule has 0 atom stereocenters. The minimum absolute atomic E-state index is 0.144. The van der Waals surface area contributed by atoms with Crippen LogP contribution in [0.2, 0.25) is 5.02 Å². The van der Waals surface area contributed by atoms with Crippen molar-refractivity contribution in [2.24, 2.45) is 0 Å². The standard InChI is InChI=1S/C22H20ClN3O2/c1-13-7-8-17(12-18(13)23)25-22(28)19-11-16(9-10-24-19)21(27)26-20-14(2)5-4-6-15(20)3/h4-12H,1-3H3,(H,25,28)(H,26,27). The molecular weight excluding hydrogens is 374 g/mol. The van der Waals surface area contributed by atoms with Crippen molar-refractivity contribution < 1.29 is 9.59 Å². The molecule has 0 aliphatic rings. The predicted molar refractivity (Wildman–Crippen MR) is 112 cm³/mol. The Morgan fingerprint density at radius 3 is 2.25 bits per heavy atom. The molecule has 0 saturated carbocycles. The summed E-state index contributed by atoms with van der Waals surface area (Å²) in [6, 6.07) is 14.1. The number of hydrogen-bond donors (Lipinski definition) is 2. The van der Waals surface area contributed by atoms with Crippen molar-refractivity contribution in [3.05, 3.63) is 87.7 Å². The van der Waals surface area contributed by atoms with E-state index in [0.29, 0.717) is 16.3 Å². The highest BCUT2D eigenvalue weighted by molar-refractivity contribution is 6.31. The van der Waals surface area contributed by atoms with E-state index in [-0.39, 0.29) is 11.6 Å². The smallest absolute Gasteiger partial charge is 0.274 e. The highest BCUT2D eigenvalue weighted by atomic mass is 35.5. The van der Waals surface area contributed by atoms with Crippen LogP contribution in [0.15, 0.2) is 54.7 Å². The number of anilines is 2. The van der Waals surface area contributed by atoms with Gasteiger partial charge in [0, 0.05) is 28.2 Å². The van der Waals surface area contributed by atoms with Gasteiger partial charge in [0.1, 0.15) is 5.69 Å². The van der Waals surface area contributed by atoms with Crippen molar-refractivity contribution in [2.45, 2.75) is 20.8 Å². The third-order valence-corrected chi connectivity index (χ3v) is 4.81. The van der Waals surface area contributed by atoms with E-state index in [1.54, 1.807) is 18.2 Å². The van der Waals surface area contributed by atoms with Crippen LogP contribution in [0, 0.1) is 20.8 Å². The summed E-state index contributed by atoms with van der Waals surface area (Å²) in [6.45, 7) is 5.75. The van der Waals surface area contributed by atoms with Crippen LogP contribution in [0.3, 0.4) is 0 Å². The lowest BCUT2D eigenvalue weighted by molar-refractivity contribution is 0.102. The number of aryl methyl sites for hydroxylation is 3. The van der Waals surface area contributed by atoms with Gasteiger partial charge in [-0.1, -0.05) is 35.9 Å². The van der Waals surface area contributed by atoms with E-state index in [9.17, 15) is 9.59 Å². The molecule has 0 fully saturated rings. The minimum atomic E-state index is -0.415. The van der Waals surface area contributed by atoms with Crippen molar-refractivity contribution in [2.75, 3.05) is 10.6 Å². The summed E-state index contributed by atoms with van der Waals surface area (Å²) in [5.41, 5.74) is 4.68. The zero-order valence-corrected chi connectivity index (χ0v) is 16.6. The molecule has 1 heterocycles. The van der Waals surface area contributed by atoms with Crippen LogP contribution < -0.4 is 10.6 Å². The van der Waals surface area contributed by atoms with Crippen LogP contribution in [0.1, 0.15) is 37.5 Å². The Morgan fingerprint density at radius 1 is 0.857 bits per heavy atom. The Kier molecular flexibility index (Phi) is 5.76. The Balaban J connectivity index is 1.78. The number of aromatic nitrogens is 1. The van der Waals surface area contributed by atoms with Gasteiger partial charge in [0.25, 0.3) is 11.8 Å². The molecule has 1 aromatic heterocycles. The van der Waals surface area contributed by atoms with Crippen LogP contribution in [-0.2, 0) is 0 Å². The second kappa shape index (κ2) is 8.23. The number of benzene rings is 2. The van der Waals surface area contributed by atoms with Gasteiger partial charge in [0.15, 0.2) is 0 Å². The van der Waals surface area contributed by atoms with Gasteiger partial charge in [-0.2, -0.15) is 0 Å². The number of nitrogens with one attached hydrogen (secondary N) is 2. The van der Waals surface area contributed by atoms with Crippen molar-refractivity contribution >= 4 is 34.8 Å². The number of nitrogens with zero attached hydrogens (tertiary/aromatic N) is 1. The van der Waals surface area contributed by atoms with Crippen LogP contribution in [0.25, 0.3) is 0 Å². The first kappa shape index (κ1) is 19.6. The molecule has 3 aromatic rings. The number of para-hydroxylation sites is 1. The van der Waals surface area contributed by atoms with Crippen LogP contribution in [-0.4, -0.2) is 16.8 Å². The summed E-state index contributed by atoms with van der Waals surface area (Å²) in [7, 11) is 0. The van der Waals surface area contributed by atoms with Gasteiger partial charge < -0.3 is 10.6 Å². The Hall–Kier alpha value is -3.18.